The van der Waals surface area contributed by atoms with E-state index in [1.54, 1.807) is 24.3 Å². The lowest BCUT2D eigenvalue weighted by atomic mass is 10.1. The molecule has 0 aliphatic rings. The summed E-state index contributed by atoms with van der Waals surface area (Å²) < 4.78 is 5.78. The largest absolute Gasteiger partial charge is 0.457 e. The molecular weight excluding hydrogens is 290 g/mol. The van der Waals surface area contributed by atoms with E-state index in [1.807, 2.05) is 19.1 Å². The lowest BCUT2D eigenvalue weighted by molar-refractivity contribution is 0.478. The number of alkyl halides is 1. The van der Waals surface area contributed by atoms with Gasteiger partial charge in [-0.3, -0.25) is 0 Å². The second-order valence-corrected chi connectivity index (χ2v) is 4.53. The van der Waals surface area contributed by atoms with Crippen LogP contribution >= 0.6 is 15.9 Å². The van der Waals surface area contributed by atoms with Gasteiger partial charge in [0.1, 0.15) is 11.5 Å². The van der Waals surface area contributed by atoms with Crippen molar-refractivity contribution < 1.29 is 4.74 Å². The van der Waals surface area contributed by atoms with Crippen LogP contribution in [0.1, 0.15) is 16.7 Å². The number of aryl methyl sites for hydroxylation is 1. The third kappa shape index (κ3) is 2.91. The molecule has 0 bridgehead atoms. The second kappa shape index (κ2) is 5.70. The zero-order valence-corrected chi connectivity index (χ0v) is 11.6. The third-order valence-electron chi connectivity index (χ3n) is 2.60. The lowest BCUT2D eigenvalue weighted by Crippen LogP contribution is -1.89. The Hall–Kier alpha value is -1.79. The van der Waals surface area contributed by atoms with Crippen molar-refractivity contribution in [2.24, 2.45) is 0 Å². The zero-order chi connectivity index (χ0) is 13.0. The van der Waals surface area contributed by atoms with E-state index in [0.29, 0.717) is 5.56 Å². The molecule has 0 fully saturated rings. The van der Waals surface area contributed by atoms with Crippen molar-refractivity contribution in [3.63, 3.8) is 0 Å². The number of hydrogen-bond acceptors (Lipinski definition) is 2. The molecule has 3 heteroatoms. The Bertz CT molecular complexity index is 584. The van der Waals surface area contributed by atoms with Gasteiger partial charge in [0.15, 0.2) is 0 Å². The van der Waals surface area contributed by atoms with Crippen LogP contribution in [-0.2, 0) is 5.33 Å². The number of nitriles is 1. The van der Waals surface area contributed by atoms with Crippen LogP contribution in [0.5, 0.6) is 11.5 Å². The summed E-state index contributed by atoms with van der Waals surface area (Å²) in [5.74, 6) is 1.58. The molecule has 2 nitrogen and oxygen atoms in total. The molecule has 0 aliphatic heterocycles. The molecule has 2 aromatic rings. The number of hydrogen-bond donors (Lipinski definition) is 0. The van der Waals surface area contributed by atoms with Gasteiger partial charge in [-0.15, -0.1) is 0 Å². The van der Waals surface area contributed by atoms with Crippen LogP contribution in [0.3, 0.4) is 0 Å². The molecule has 0 unspecified atom stereocenters. The van der Waals surface area contributed by atoms with Gasteiger partial charge < -0.3 is 4.74 Å². The lowest BCUT2D eigenvalue weighted by Gasteiger charge is -2.09. The van der Waals surface area contributed by atoms with Crippen molar-refractivity contribution >= 4 is 15.9 Å². The fourth-order valence-electron chi connectivity index (χ4n) is 1.63. The Kier molecular flexibility index (Phi) is 4.01. The molecule has 0 heterocycles. The van der Waals surface area contributed by atoms with Gasteiger partial charge >= 0.3 is 0 Å². The highest BCUT2D eigenvalue weighted by atomic mass is 79.9. The van der Waals surface area contributed by atoms with Gasteiger partial charge in [-0.25, -0.2) is 0 Å². The predicted octanol–water partition coefficient (Wildman–Crippen LogP) is 4.55. The van der Waals surface area contributed by atoms with Crippen molar-refractivity contribution in [1.82, 2.24) is 0 Å². The smallest absolute Gasteiger partial charge is 0.130 e. The van der Waals surface area contributed by atoms with E-state index in [2.05, 4.69) is 28.1 Å². The molecule has 0 aromatic heterocycles. The van der Waals surface area contributed by atoms with Crippen molar-refractivity contribution in [2.75, 3.05) is 0 Å². The van der Waals surface area contributed by atoms with Crippen LogP contribution in [0.2, 0.25) is 0 Å². The first-order chi connectivity index (χ1) is 8.72. The molecule has 0 radical (unpaired) electrons. The summed E-state index contributed by atoms with van der Waals surface area (Å²) in [5.41, 5.74) is 2.95. The summed E-state index contributed by atoms with van der Waals surface area (Å²) in [7, 11) is 0. The highest BCUT2D eigenvalue weighted by Gasteiger charge is 2.02. The number of ether oxygens (including phenoxy) is 1. The average Bonchev–Trinajstić information content (AvgIpc) is 2.42. The monoisotopic (exact) mass is 301 g/mol. The highest BCUT2D eigenvalue weighted by Crippen LogP contribution is 2.26. The topological polar surface area (TPSA) is 33.0 Å². The van der Waals surface area contributed by atoms with Gasteiger partial charge in [0.25, 0.3) is 0 Å². The van der Waals surface area contributed by atoms with E-state index in [0.717, 1.165) is 22.4 Å². The van der Waals surface area contributed by atoms with Crippen molar-refractivity contribution in [1.29, 1.82) is 5.26 Å². The Morgan fingerprint density at radius 1 is 1.17 bits per heavy atom. The van der Waals surface area contributed by atoms with E-state index in [4.69, 9.17) is 10.00 Å². The number of rotatable bonds is 3. The molecule has 0 amide bonds. The van der Waals surface area contributed by atoms with E-state index in [9.17, 15) is 0 Å². The van der Waals surface area contributed by atoms with Crippen LogP contribution in [0.25, 0.3) is 0 Å². The molecule has 2 aromatic carbocycles. The minimum Gasteiger partial charge on any atom is -0.457 e. The summed E-state index contributed by atoms with van der Waals surface area (Å²) in [6.45, 7) is 2.02. The summed E-state index contributed by atoms with van der Waals surface area (Å²) >= 11 is 3.43. The Balaban J connectivity index is 2.20. The fraction of sp³-hybridized carbons (Fsp3) is 0.133. The van der Waals surface area contributed by atoms with Crippen LogP contribution in [0.4, 0.5) is 0 Å². The number of halogens is 1. The van der Waals surface area contributed by atoms with Gasteiger partial charge in [0.05, 0.1) is 11.6 Å². The van der Waals surface area contributed by atoms with Gasteiger partial charge in [-0.2, -0.15) is 5.26 Å². The summed E-state index contributed by atoms with van der Waals surface area (Å²) in [6.07, 6.45) is 0. The second-order valence-electron chi connectivity index (χ2n) is 3.97. The van der Waals surface area contributed by atoms with E-state index < -0.39 is 0 Å². The first-order valence-corrected chi connectivity index (χ1v) is 6.68. The minimum atomic E-state index is 0.633. The van der Waals surface area contributed by atoms with E-state index in [-0.39, 0.29) is 0 Å². The van der Waals surface area contributed by atoms with Crippen LogP contribution in [0, 0.1) is 18.3 Å². The summed E-state index contributed by atoms with van der Waals surface area (Å²) in [6, 6.07) is 15.3. The Morgan fingerprint density at radius 2 is 1.89 bits per heavy atom. The molecule has 0 saturated heterocycles. The summed E-state index contributed by atoms with van der Waals surface area (Å²) in [5, 5.41) is 9.56. The van der Waals surface area contributed by atoms with Crippen molar-refractivity contribution in [2.45, 2.75) is 12.3 Å². The molecular formula is C15H12BrNO. The Morgan fingerprint density at radius 3 is 2.44 bits per heavy atom. The number of benzene rings is 2. The van der Waals surface area contributed by atoms with Gasteiger partial charge in [0.2, 0.25) is 0 Å². The first kappa shape index (κ1) is 12.7. The maximum Gasteiger partial charge on any atom is 0.130 e. The standard InChI is InChI=1S/C15H12BrNO/c1-11-8-13(9-16)4-7-15(11)18-14-5-2-12(10-17)3-6-14/h2-8H,9H2,1H3. The molecule has 0 aliphatic carbocycles. The van der Waals surface area contributed by atoms with E-state index in [1.165, 1.54) is 5.56 Å². The maximum absolute atomic E-state index is 8.72. The molecule has 0 spiro atoms. The number of nitrogens with zero attached hydrogens (tertiary/aromatic N) is 1. The SMILES string of the molecule is Cc1cc(CBr)ccc1Oc1ccc(C#N)cc1. The van der Waals surface area contributed by atoms with Crippen LogP contribution in [0.15, 0.2) is 42.5 Å². The molecule has 0 N–H and O–H groups in total. The van der Waals surface area contributed by atoms with E-state index >= 15 is 0 Å². The predicted molar refractivity (Wildman–Crippen MR) is 75.0 cm³/mol. The van der Waals surface area contributed by atoms with Gasteiger partial charge in [-0.1, -0.05) is 28.1 Å². The van der Waals surface area contributed by atoms with Crippen LogP contribution in [-0.4, -0.2) is 0 Å². The Labute approximate surface area is 115 Å². The van der Waals surface area contributed by atoms with Crippen LogP contribution < -0.4 is 4.74 Å². The molecule has 0 saturated carbocycles. The highest BCUT2D eigenvalue weighted by molar-refractivity contribution is 9.08. The molecule has 0 atom stereocenters. The fourth-order valence-corrected chi connectivity index (χ4v) is 1.98. The molecule has 90 valence electrons. The quantitative estimate of drug-likeness (QED) is 0.779. The molecule has 2 rings (SSSR count). The normalized spacial score (nSPS) is 9.83. The van der Waals surface area contributed by atoms with Crippen molar-refractivity contribution in [3.8, 4) is 17.6 Å². The first-order valence-electron chi connectivity index (χ1n) is 5.56. The van der Waals surface area contributed by atoms with Gasteiger partial charge in [-0.05, 0) is 48.4 Å². The molecule has 18 heavy (non-hydrogen) atoms. The maximum atomic E-state index is 8.72. The minimum absolute atomic E-state index is 0.633. The van der Waals surface area contributed by atoms with Crippen molar-refractivity contribution in [3.05, 3.63) is 59.2 Å². The third-order valence-corrected chi connectivity index (χ3v) is 3.25. The van der Waals surface area contributed by atoms with Gasteiger partial charge in [0, 0.05) is 5.33 Å². The average molecular weight is 302 g/mol. The summed E-state index contributed by atoms with van der Waals surface area (Å²) in [4.78, 5) is 0. The zero-order valence-electron chi connectivity index (χ0n) is 9.98.